The van der Waals surface area contributed by atoms with E-state index >= 15 is 0 Å². The number of benzene rings is 3. The van der Waals surface area contributed by atoms with Crippen molar-refractivity contribution in [2.24, 2.45) is 0 Å². The zero-order chi connectivity index (χ0) is 19.4. The van der Waals surface area contributed by atoms with Crippen molar-refractivity contribution in [3.8, 4) is 5.75 Å². The predicted octanol–water partition coefficient (Wildman–Crippen LogP) is 6.26. The Morgan fingerprint density at radius 2 is 1.41 bits per heavy atom. The van der Waals surface area contributed by atoms with Gasteiger partial charge in [0.2, 0.25) is 0 Å². The first-order chi connectivity index (χ1) is 12.9. The third-order valence-corrected chi connectivity index (χ3v) is 5.27. The molecule has 0 bridgehead atoms. The van der Waals surface area contributed by atoms with Gasteiger partial charge in [0.15, 0.2) is 0 Å². The summed E-state index contributed by atoms with van der Waals surface area (Å²) in [5, 5.41) is 0.673. The fraction of sp³-hybridized carbons (Fsp3) is 0.208. The van der Waals surface area contributed by atoms with E-state index < -0.39 is 5.41 Å². The van der Waals surface area contributed by atoms with Gasteiger partial charge in [-0.15, -0.1) is 0 Å². The quantitative estimate of drug-likeness (QED) is 0.387. The van der Waals surface area contributed by atoms with E-state index in [1.54, 1.807) is 0 Å². The van der Waals surface area contributed by atoms with Crippen molar-refractivity contribution < 1.29 is 9.53 Å². The maximum absolute atomic E-state index is 12.9. The number of aryl methyl sites for hydroxylation is 2. The number of carbonyl (C=O) groups is 1. The molecule has 0 aliphatic carbocycles. The molecule has 0 saturated carbocycles. The van der Waals surface area contributed by atoms with E-state index in [4.69, 9.17) is 16.3 Å². The Hall–Kier alpha value is -2.58. The van der Waals surface area contributed by atoms with Gasteiger partial charge in [0.25, 0.3) is 0 Å². The molecule has 27 heavy (non-hydrogen) atoms. The summed E-state index contributed by atoms with van der Waals surface area (Å²) in [5.74, 6) is 0.391. The van der Waals surface area contributed by atoms with Crippen molar-refractivity contribution in [1.29, 1.82) is 0 Å². The van der Waals surface area contributed by atoms with E-state index in [-0.39, 0.29) is 12.4 Å². The number of halogens is 1. The number of esters is 1. The maximum atomic E-state index is 12.9. The van der Waals surface area contributed by atoms with Gasteiger partial charge in [0.05, 0.1) is 6.42 Å². The van der Waals surface area contributed by atoms with Crippen LogP contribution in [-0.2, 0) is 10.2 Å². The van der Waals surface area contributed by atoms with Crippen molar-refractivity contribution in [2.45, 2.75) is 32.6 Å². The summed E-state index contributed by atoms with van der Waals surface area (Å²) < 4.78 is 5.77. The molecule has 0 radical (unpaired) electrons. The van der Waals surface area contributed by atoms with Gasteiger partial charge in [-0.2, -0.15) is 0 Å². The first-order valence-corrected chi connectivity index (χ1v) is 9.36. The van der Waals surface area contributed by atoms with Gasteiger partial charge in [0.1, 0.15) is 5.75 Å². The van der Waals surface area contributed by atoms with Gasteiger partial charge < -0.3 is 4.74 Å². The molecule has 0 amide bonds. The first-order valence-electron chi connectivity index (χ1n) is 8.98. The average Bonchev–Trinajstić information content (AvgIpc) is 2.66. The van der Waals surface area contributed by atoms with Gasteiger partial charge in [-0.3, -0.25) is 4.79 Å². The second kappa shape index (κ2) is 7.98. The van der Waals surface area contributed by atoms with Gasteiger partial charge in [-0.05, 0) is 48.2 Å². The molecule has 0 heterocycles. The summed E-state index contributed by atoms with van der Waals surface area (Å²) in [6.45, 7) is 5.97. The summed E-state index contributed by atoms with van der Waals surface area (Å²) in [4.78, 5) is 12.9. The van der Waals surface area contributed by atoms with Crippen LogP contribution in [0.2, 0.25) is 5.02 Å². The molecule has 0 aromatic heterocycles. The van der Waals surface area contributed by atoms with E-state index in [1.165, 1.54) is 0 Å². The minimum Gasteiger partial charge on any atom is -0.426 e. The van der Waals surface area contributed by atoms with Crippen LogP contribution < -0.4 is 4.74 Å². The SMILES string of the molecule is Cc1cccc(C)c1OC(=O)C[C@@](C)(c1ccccc1)c1ccc(Cl)cc1. The molecule has 0 N–H and O–H groups in total. The van der Waals surface area contributed by atoms with E-state index in [1.807, 2.05) is 86.6 Å². The number of hydrogen-bond donors (Lipinski definition) is 0. The molecule has 0 spiro atoms. The van der Waals surface area contributed by atoms with E-state index in [0.29, 0.717) is 10.8 Å². The molecule has 138 valence electrons. The van der Waals surface area contributed by atoms with Crippen LogP contribution in [0.5, 0.6) is 5.75 Å². The zero-order valence-electron chi connectivity index (χ0n) is 15.8. The molecule has 3 aromatic carbocycles. The van der Waals surface area contributed by atoms with Crippen LogP contribution in [0.15, 0.2) is 72.8 Å². The fourth-order valence-corrected chi connectivity index (χ4v) is 3.52. The summed E-state index contributed by atoms with van der Waals surface area (Å²) in [7, 11) is 0. The number of ether oxygens (including phenoxy) is 1. The molecule has 0 fully saturated rings. The Balaban J connectivity index is 1.94. The van der Waals surface area contributed by atoms with Crippen LogP contribution in [0.1, 0.15) is 35.6 Å². The smallest absolute Gasteiger partial charge is 0.312 e. The van der Waals surface area contributed by atoms with Crippen LogP contribution in [0.4, 0.5) is 0 Å². The third kappa shape index (κ3) is 4.23. The Morgan fingerprint density at radius 3 is 2.00 bits per heavy atom. The van der Waals surface area contributed by atoms with Gasteiger partial charge in [0, 0.05) is 10.4 Å². The normalized spacial score (nSPS) is 13.0. The van der Waals surface area contributed by atoms with E-state index in [2.05, 4.69) is 6.92 Å². The highest BCUT2D eigenvalue weighted by Crippen LogP contribution is 2.36. The van der Waals surface area contributed by atoms with Crippen LogP contribution in [0.25, 0.3) is 0 Å². The van der Waals surface area contributed by atoms with Crippen molar-refractivity contribution in [1.82, 2.24) is 0 Å². The lowest BCUT2D eigenvalue weighted by molar-refractivity contribution is -0.135. The van der Waals surface area contributed by atoms with Crippen molar-refractivity contribution >= 4 is 17.6 Å². The number of carbonyl (C=O) groups excluding carboxylic acids is 1. The van der Waals surface area contributed by atoms with E-state index in [0.717, 1.165) is 22.3 Å². The minimum absolute atomic E-state index is 0.229. The molecular weight excluding hydrogens is 356 g/mol. The van der Waals surface area contributed by atoms with Crippen molar-refractivity contribution in [3.63, 3.8) is 0 Å². The lowest BCUT2D eigenvalue weighted by Crippen LogP contribution is -2.29. The molecule has 3 heteroatoms. The minimum atomic E-state index is -0.514. The monoisotopic (exact) mass is 378 g/mol. The number of hydrogen-bond acceptors (Lipinski definition) is 2. The second-order valence-electron chi connectivity index (χ2n) is 7.08. The van der Waals surface area contributed by atoms with Crippen LogP contribution in [0, 0.1) is 13.8 Å². The molecule has 3 rings (SSSR count). The molecule has 2 nitrogen and oxygen atoms in total. The van der Waals surface area contributed by atoms with E-state index in [9.17, 15) is 4.79 Å². The number of para-hydroxylation sites is 1. The Bertz CT molecular complexity index is 912. The van der Waals surface area contributed by atoms with Gasteiger partial charge >= 0.3 is 5.97 Å². The maximum Gasteiger partial charge on any atom is 0.312 e. The predicted molar refractivity (Wildman–Crippen MR) is 111 cm³/mol. The third-order valence-electron chi connectivity index (χ3n) is 5.01. The molecule has 0 aliphatic heterocycles. The summed E-state index contributed by atoms with van der Waals surface area (Å²) >= 11 is 6.06. The summed E-state index contributed by atoms with van der Waals surface area (Å²) in [6, 6.07) is 23.6. The Labute approximate surface area is 165 Å². The largest absolute Gasteiger partial charge is 0.426 e. The van der Waals surface area contributed by atoms with Crippen LogP contribution in [-0.4, -0.2) is 5.97 Å². The van der Waals surface area contributed by atoms with Gasteiger partial charge in [-0.1, -0.05) is 79.2 Å². The van der Waals surface area contributed by atoms with Crippen LogP contribution >= 0.6 is 11.6 Å². The van der Waals surface area contributed by atoms with Crippen molar-refractivity contribution in [3.05, 3.63) is 100 Å². The topological polar surface area (TPSA) is 26.3 Å². The lowest BCUT2D eigenvalue weighted by Gasteiger charge is -2.30. The second-order valence-corrected chi connectivity index (χ2v) is 7.51. The number of rotatable bonds is 5. The van der Waals surface area contributed by atoms with Crippen LogP contribution in [0.3, 0.4) is 0 Å². The Morgan fingerprint density at radius 1 is 0.852 bits per heavy atom. The molecular formula is C24H23ClO2. The fourth-order valence-electron chi connectivity index (χ4n) is 3.39. The zero-order valence-corrected chi connectivity index (χ0v) is 16.6. The van der Waals surface area contributed by atoms with Crippen molar-refractivity contribution in [2.75, 3.05) is 0 Å². The summed E-state index contributed by atoms with van der Waals surface area (Å²) in [6.07, 6.45) is 0.229. The molecule has 3 aromatic rings. The molecule has 0 aliphatic rings. The van der Waals surface area contributed by atoms with Gasteiger partial charge in [-0.25, -0.2) is 0 Å². The average molecular weight is 379 g/mol. The lowest BCUT2D eigenvalue weighted by atomic mass is 9.74. The standard InChI is InChI=1S/C24H23ClO2/c1-17-8-7-9-18(2)23(17)27-22(26)16-24(3,19-10-5-4-6-11-19)20-12-14-21(25)15-13-20/h4-15H,16H2,1-3H3/t24-/m0/s1. The highest BCUT2D eigenvalue weighted by molar-refractivity contribution is 6.30. The molecule has 0 unspecified atom stereocenters. The highest BCUT2D eigenvalue weighted by Gasteiger charge is 2.33. The Kier molecular flexibility index (Phi) is 5.67. The highest BCUT2D eigenvalue weighted by atomic mass is 35.5. The summed E-state index contributed by atoms with van der Waals surface area (Å²) in [5.41, 5.74) is 3.48. The molecule has 0 saturated heterocycles. The first kappa shape index (κ1) is 19.2. The molecule has 1 atom stereocenters.